The molecule has 0 atom stereocenters. The molecule has 0 saturated heterocycles. The van der Waals surface area contributed by atoms with Gasteiger partial charge in [-0.3, -0.25) is 0 Å². The van der Waals surface area contributed by atoms with Gasteiger partial charge in [0.25, 0.3) is 0 Å². The van der Waals surface area contributed by atoms with Gasteiger partial charge in [-0.1, -0.05) is 31.5 Å². The van der Waals surface area contributed by atoms with Crippen LogP contribution in [0.25, 0.3) is 17.1 Å². The molecule has 0 aliphatic heterocycles. The summed E-state index contributed by atoms with van der Waals surface area (Å²) in [4.78, 5) is 8.54. The van der Waals surface area contributed by atoms with Crippen LogP contribution in [0.5, 0.6) is 0 Å². The first-order chi connectivity index (χ1) is 10.3. The predicted molar refractivity (Wildman–Crippen MR) is 83.0 cm³/mol. The van der Waals surface area contributed by atoms with E-state index < -0.39 is 0 Å². The van der Waals surface area contributed by atoms with Gasteiger partial charge in [-0.2, -0.15) is 5.10 Å². The summed E-state index contributed by atoms with van der Waals surface area (Å²) in [6.45, 7) is 2.12. The summed E-state index contributed by atoms with van der Waals surface area (Å²) in [5.74, 6) is 0.544. The Morgan fingerprint density at radius 2 is 1.90 bits per heavy atom. The zero-order valence-corrected chi connectivity index (χ0v) is 11.9. The van der Waals surface area contributed by atoms with E-state index >= 15 is 0 Å². The highest BCUT2D eigenvalue weighted by molar-refractivity contribution is 5.66. The fraction of sp³-hybridized carbons (Fsp3) is 0.188. The molecule has 0 bridgehead atoms. The van der Waals surface area contributed by atoms with Gasteiger partial charge < -0.3 is 5.73 Å². The van der Waals surface area contributed by atoms with Gasteiger partial charge in [-0.25, -0.2) is 14.6 Å². The average Bonchev–Trinajstić information content (AvgIpc) is 3.00. The zero-order valence-electron chi connectivity index (χ0n) is 11.9. The van der Waals surface area contributed by atoms with Crippen molar-refractivity contribution in [2.24, 2.45) is 0 Å². The first-order valence-electron chi connectivity index (χ1n) is 7.00. The molecule has 0 saturated carbocycles. The Morgan fingerprint density at radius 3 is 2.67 bits per heavy atom. The Labute approximate surface area is 123 Å². The fourth-order valence-corrected chi connectivity index (χ4v) is 2.40. The Hall–Kier alpha value is -2.69. The molecule has 0 radical (unpaired) electrons. The maximum atomic E-state index is 6.02. The number of para-hydroxylation sites is 1. The van der Waals surface area contributed by atoms with E-state index in [9.17, 15) is 0 Å². The third-order valence-corrected chi connectivity index (χ3v) is 3.36. The number of nitrogens with zero attached hydrogens (tertiary/aromatic N) is 4. The van der Waals surface area contributed by atoms with Crippen molar-refractivity contribution in [1.29, 1.82) is 0 Å². The minimum absolute atomic E-state index is 0.544. The van der Waals surface area contributed by atoms with Crippen molar-refractivity contribution in [2.45, 2.75) is 19.8 Å². The summed E-state index contributed by atoms with van der Waals surface area (Å²) in [6, 6.07) is 11.9. The highest BCUT2D eigenvalue weighted by Crippen LogP contribution is 2.27. The van der Waals surface area contributed by atoms with Gasteiger partial charge in [-0.05, 0) is 24.6 Å². The van der Waals surface area contributed by atoms with Crippen molar-refractivity contribution in [2.75, 3.05) is 5.73 Å². The second kappa shape index (κ2) is 5.75. The van der Waals surface area contributed by atoms with Crippen LogP contribution in [0, 0.1) is 0 Å². The first-order valence-corrected chi connectivity index (χ1v) is 7.00. The largest absolute Gasteiger partial charge is 0.383 e. The highest BCUT2D eigenvalue weighted by atomic mass is 15.3. The number of anilines is 1. The predicted octanol–water partition coefficient (Wildman–Crippen LogP) is 2.86. The van der Waals surface area contributed by atoms with Gasteiger partial charge in [-0.15, -0.1) is 0 Å². The molecule has 3 aromatic rings. The first kappa shape index (κ1) is 13.3. The van der Waals surface area contributed by atoms with Crippen molar-refractivity contribution >= 4 is 5.82 Å². The molecule has 106 valence electrons. The maximum absolute atomic E-state index is 6.02. The lowest BCUT2D eigenvalue weighted by molar-refractivity contribution is 0.868. The molecule has 2 aromatic heterocycles. The minimum atomic E-state index is 0.544. The summed E-state index contributed by atoms with van der Waals surface area (Å²) in [5, 5.41) is 4.41. The average molecular weight is 279 g/mol. The summed E-state index contributed by atoms with van der Waals surface area (Å²) < 4.78 is 1.88. The van der Waals surface area contributed by atoms with Gasteiger partial charge in [0.2, 0.25) is 0 Å². The monoisotopic (exact) mass is 279 g/mol. The summed E-state index contributed by atoms with van der Waals surface area (Å²) in [7, 11) is 0. The van der Waals surface area contributed by atoms with E-state index in [1.165, 1.54) is 6.33 Å². The lowest BCUT2D eigenvalue weighted by atomic mass is 10.1. The van der Waals surface area contributed by atoms with E-state index in [1.807, 2.05) is 41.1 Å². The van der Waals surface area contributed by atoms with Crippen molar-refractivity contribution in [3.63, 3.8) is 0 Å². The Bertz CT molecular complexity index is 733. The molecule has 5 heteroatoms. The van der Waals surface area contributed by atoms with Crippen LogP contribution < -0.4 is 5.73 Å². The lowest BCUT2D eigenvalue weighted by Gasteiger charge is -2.11. The summed E-state index contributed by atoms with van der Waals surface area (Å²) >= 11 is 0. The third kappa shape index (κ3) is 2.50. The van der Waals surface area contributed by atoms with E-state index in [2.05, 4.69) is 22.0 Å². The SMILES string of the molecule is CCCc1c(N)ncnc1-c1ccnn1-c1ccccc1. The Morgan fingerprint density at radius 1 is 1.10 bits per heavy atom. The van der Waals surface area contributed by atoms with E-state index in [0.717, 1.165) is 35.5 Å². The molecular formula is C16H17N5. The van der Waals surface area contributed by atoms with Crippen LogP contribution in [0.1, 0.15) is 18.9 Å². The molecule has 1 aromatic carbocycles. The quantitative estimate of drug-likeness (QED) is 0.797. The molecule has 0 unspecified atom stereocenters. The Kier molecular flexibility index (Phi) is 3.64. The van der Waals surface area contributed by atoms with Crippen molar-refractivity contribution in [3.8, 4) is 17.1 Å². The molecule has 0 amide bonds. The molecule has 0 spiro atoms. The molecule has 0 fully saturated rings. The maximum Gasteiger partial charge on any atom is 0.130 e. The second-order valence-corrected chi connectivity index (χ2v) is 4.80. The highest BCUT2D eigenvalue weighted by Gasteiger charge is 2.15. The fourth-order valence-electron chi connectivity index (χ4n) is 2.40. The van der Waals surface area contributed by atoms with Crippen LogP contribution >= 0.6 is 0 Å². The second-order valence-electron chi connectivity index (χ2n) is 4.80. The van der Waals surface area contributed by atoms with Crippen LogP contribution in [0.3, 0.4) is 0 Å². The van der Waals surface area contributed by atoms with Crippen molar-refractivity contribution < 1.29 is 0 Å². The van der Waals surface area contributed by atoms with Crippen LogP contribution in [-0.2, 0) is 6.42 Å². The van der Waals surface area contributed by atoms with Gasteiger partial charge in [0.05, 0.1) is 23.3 Å². The van der Waals surface area contributed by atoms with E-state index in [-0.39, 0.29) is 0 Å². The van der Waals surface area contributed by atoms with E-state index in [0.29, 0.717) is 5.82 Å². The number of nitrogens with two attached hydrogens (primary N) is 1. The summed E-state index contributed by atoms with van der Waals surface area (Å²) in [5.41, 5.74) is 9.78. The van der Waals surface area contributed by atoms with Crippen LogP contribution in [0.15, 0.2) is 48.9 Å². The standard InChI is InChI=1S/C16H17N5/c1-2-6-13-15(18-11-19-16(13)17)14-9-10-20-21(14)12-7-4-3-5-8-12/h3-5,7-11H,2,6H2,1H3,(H2,17,18,19). The minimum Gasteiger partial charge on any atom is -0.383 e. The molecular weight excluding hydrogens is 262 g/mol. The number of hydrogen-bond donors (Lipinski definition) is 1. The number of aromatic nitrogens is 4. The van der Waals surface area contributed by atoms with Crippen molar-refractivity contribution in [1.82, 2.24) is 19.7 Å². The number of nitrogen functional groups attached to an aromatic ring is 1. The summed E-state index contributed by atoms with van der Waals surface area (Å²) in [6.07, 6.45) is 5.12. The molecule has 5 nitrogen and oxygen atoms in total. The number of benzene rings is 1. The van der Waals surface area contributed by atoms with E-state index in [1.54, 1.807) is 6.20 Å². The smallest absolute Gasteiger partial charge is 0.130 e. The molecule has 21 heavy (non-hydrogen) atoms. The van der Waals surface area contributed by atoms with Crippen molar-refractivity contribution in [3.05, 3.63) is 54.5 Å². The Balaban J connectivity index is 2.15. The van der Waals surface area contributed by atoms with E-state index in [4.69, 9.17) is 5.73 Å². The molecule has 2 heterocycles. The van der Waals surface area contributed by atoms with Crippen LogP contribution in [0.2, 0.25) is 0 Å². The normalized spacial score (nSPS) is 10.7. The van der Waals surface area contributed by atoms with Crippen LogP contribution in [0.4, 0.5) is 5.82 Å². The van der Waals surface area contributed by atoms with Gasteiger partial charge in [0.15, 0.2) is 0 Å². The van der Waals surface area contributed by atoms with Crippen LogP contribution in [-0.4, -0.2) is 19.7 Å². The molecule has 2 N–H and O–H groups in total. The van der Waals surface area contributed by atoms with Gasteiger partial charge in [0, 0.05) is 5.56 Å². The van der Waals surface area contributed by atoms with Gasteiger partial charge >= 0.3 is 0 Å². The lowest BCUT2D eigenvalue weighted by Crippen LogP contribution is -2.06. The number of rotatable bonds is 4. The third-order valence-electron chi connectivity index (χ3n) is 3.36. The van der Waals surface area contributed by atoms with Gasteiger partial charge in [0.1, 0.15) is 12.1 Å². The number of hydrogen-bond acceptors (Lipinski definition) is 4. The topological polar surface area (TPSA) is 69.6 Å². The molecule has 0 aliphatic rings. The molecule has 3 rings (SSSR count). The zero-order chi connectivity index (χ0) is 14.7. The molecule has 0 aliphatic carbocycles.